The van der Waals surface area contributed by atoms with Crippen molar-refractivity contribution in [3.8, 4) is 0 Å². The van der Waals surface area contributed by atoms with Crippen LogP contribution in [0, 0.1) is 5.92 Å². The van der Waals surface area contributed by atoms with Crippen LogP contribution in [0.2, 0.25) is 0 Å². The lowest BCUT2D eigenvalue weighted by Crippen LogP contribution is -2.32. The summed E-state index contributed by atoms with van der Waals surface area (Å²) in [6, 6.07) is 17.3. The Labute approximate surface area is 192 Å². The average Bonchev–Trinajstić information content (AvgIpc) is 3.14. The molecule has 1 fully saturated rings. The minimum Gasteiger partial charge on any atom is -0.356 e. The number of amides is 1. The van der Waals surface area contributed by atoms with E-state index >= 15 is 0 Å². The summed E-state index contributed by atoms with van der Waals surface area (Å²) in [4.78, 5) is 17.3. The second-order valence-corrected chi connectivity index (χ2v) is 10.3. The fraction of sp³-hybridized carbons (Fsp3) is 0.500. The molecule has 0 radical (unpaired) electrons. The monoisotopic (exact) mass is 431 g/mol. The molecule has 0 saturated heterocycles. The minimum atomic E-state index is 0.160. The molecular weight excluding hydrogens is 394 g/mol. The van der Waals surface area contributed by atoms with Crippen LogP contribution >= 0.6 is 0 Å². The Bertz CT molecular complexity index is 1040. The summed E-state index contributed by atoms with van der Waals surface area (Å²) >= 11 is 0. The Kier molecular flexibility index (Phi) is 6.98. The molecular formula is C28H37N3O. The van der Waals surface area contributed by atoms with Crippen LogP contribution in [0.3, 0.4) is 0 Å². The Morgan fingerprint density at radius 1 is 1.03 bits per heavy atom. The van der Waals surface area contributed by atoms with Gasteiger partial charge in [0.1, 0.15) is 5.82 Å². The Morgan fingerprint density at radius 2 is 1.75 bits per heavy atom. The van der Waals surface area contributed by atoms with E-state index in [0.29, 0.717) is 0 Å². The second kappa shape index (κ2) is 9.89. The fourth-order valence-electron chi connectivity index (χ4n) is 4.75. The van der Waals surface area contributed by atoms with E-state index in [0.717, 1.165) is 50.1 Å². The Balaban J connectivity index is 1.43. The van der Waals surface area contributed by atoms with Gasteiger partial charge in [0.25, 0.3) is 0 Å². The van der Waals surface area contributed by atoms with Gasteiger partial charge in [0, 0.05) is 25.4 Å². The summed E-state index contributed by atoms with van der Waals surface area (Å²) in [5.74, 6) is 1.57. The van der Waals surface area contributed by atoms with Gasteiger partial charge in [-0.3, -0.25) is 4.79 Å². The Hall–Kier alpha value is -2.62. The summed E-state index contributed by atoms with van der Waals surface area (Å²) in [6.07, 6.45) is 7.53. The quantitative estimate of drug-likeness (QED) is 0.466. The number of hydrogen-bond acceptors (Lipinski definition) is 2. The summed E-state index contributed by atoms with van der Waals surface area (Å²) in [6.45, 7) is 8.27. The van der Waals surface area contributed by atoms with Crippen molar-refractivity contribution in [1.82, 2.24) is 14.9 Å². The summed E-state index contributed by atoms with van der Waals surface area (Å²) in [5.41, 5.74) is 5.01. The smallest absolute Gasteiger partial charge is 0.223 e. The zero-order chi connectivity index (χ0) is 22.6. The fourth-order valence-corrected chi connectivity index (χ4v) is 4.75. The number of para-hydroxylation sites is 2. The number of aromatic nitrogens is 2. The van der Waals surface area contributed by atoms with Gasteiger partial charge in [0.15, 0.2) is 0 Å². The highest BCUT2D eigenvalue weighted by Gasteiger charge is 2.20. The van der Waals surface area contributed by atoms with E-state index in [1.807, 2.05) is 6.07 Å². The molecule has 32 heavy (non-hydrogen) atoms. The van der Waals surface area contributed by atoms with Gasteiger partial charge in [-0.05, 0) is 47.9 Å². The van der Waals surface area contributed by atoms with E-state index in [2.05, 4.69) is 73.1 Å². The number of benzene rings is 2. The van der Waals surface area contributed by atoms with Crippen LogP contribution in [0.1, 0.15) is 76.2 Å². The predicted octanol–water partition coefficient (Wildman–Crippen LogP) is 6.01. The summed E-state index contributed by atoms with van der Waals surface area (Å²) in [7, 11) is 0. The first kappa shape index (κ1) is 22.6. The maximum absolute atomic E-state index is 12.4. The van der Waals surface area contributed by atoms with Crippen molar-refractivity contribution in [1.29, 1.82) is 0 Å². The molecule has 4 heteroatoms. The molecule has 170 valence electrons. The van der Waals surface area contributed by atoms with Crippen LogP contribution in [-0.2, 0) is 23.2 Å². The SMILES string of the molecule is CC(C)(C)c1ccc(Cn2c(CCCNC(=O)C3CCCCC3)nc3ccccc32)cc1. The number of carbonyl (C=O) groups excluding carboxylic acids is 1. The number of aryl methyl sites for hydroxylation is 1. The molecule has 1 N–H and O–H groups in total. The first-order valence-electron chi connectivity index (χ1n) is 12.2. The molecule has 0 aliphatic heterocycles. The third-order valence-electron chi connectivity index (χ3n) is 6.75. The lowest BCUT2D eigenvalue weighted by atomic mass is 9.87. The third kappa shape index (κ3) is 5.40. The molecule has 3 aromatic rings. The lowest BCUT2D eigenvalue weighted by Gasteiger charge is -2.20. The van der Waals surface area contributed by atoms with Crippen LogP contribution in [-0.4, -0.2) is 22.0 Å². The number of nitrogens with one attached hydrogen (secondary N) is 1. The van der Waals surface area contributed by atoms with Crippen molar-refractivity contribution in [3.05, 3.63) is 65.5 Å². The van der Waals surface area contributed by atoms with Crippen molar-refractivity contribution in [2.24, 2.45) is 5.92 Å². The average molecular weight is 432 g/mol. The third-order valence-corrected chi connectivity index (χ3v) is 6.75. The maximum atomic E-state index is 12.4. The number of nitrogens with zero attached hydrogens (tertiary/aromatic N) is 2. The number of rotatable bonds is 7. The maximum Gasteiger partial charge on any atom is 0.223 e. The van der Waals surface area contributed by atoms with Crippen molar-refractivity contribution in [2.45, 2.75) is 77.7 Å². The van der Waals surface area contributed by atoms with Crippen molar-refractivity contribution >= 4 is 16.9 Å². The van der Waals surface area contributed by atoms with Crippen LogP contribution in [0.15, 0.2) is 48.5 Å². The van der Waals surface area contributed by atoms with Gasteiger partial charge < -0.3 is 9.88 Å². The molecule has 1 aliphatic rings. The standard InChI is InChI=1S/C28H37N3O/c1-28(2,3)23-17-15-21(16-18-23)20-31-25-13-8-7-12-24(25)30-26(31)14-9-19-29-27(32)22-10-5-4-6-11-22/h7-8,12-13,15-18,22H,4-6,9-11,14,19-20H2,1-3H3,(H,29,32). The molecule has 0 spiro atoms. The second-order valence-electron chi connectivity index (χ2n) is 10.3. The van der Waals surface area contributed by atoms with E-state index in [1.54, 1.807) is 0 Å². The van der Waals surface area contributed by atoms with Gasteiger partial charge >= 0.3 is 0 Å². The summed E-state index contributed by atoms with van der Waals surface area (Å²) < 4.78 is 2.34. The number of imidazole rings is 1. The van der Waals surface area contributed by atoms with E-state index < -0.39 is 0 Å². The molecule has 0 bridgehead atoms. The van der Waals surface area contributed by atoms with Gasteiger partial charge in [0.05, 0.1) is 11.0 Å². The van der Waals surface area contributed by atoms with Crippen molar-refractivity contribution < 1.29 is 4.79 Å². The zero-order valence-electron chi connectivity index (χ0n) is 19.9. The van der Waals surface area contributed by atoms with Crippen LogP contribution in [0.4, 0.5) is 0 Å². The molecule has 0 unspecified atom stereocenters. The minimum absolute atomic E-state index is 0.160. The van der Waals surface area contributed by atoms with E-state index in [-0.39, 0.29) is 17.2 Å². The van der Waals surface area contributed by atoms with Gasteiger partial charge in [0.2, 0.25) is 5.91 Å². The first-order chi connectivity index (χ1) is 15.4. The van der Waals surface area contributed by atoms with Gasteiger partial charge in [-0.15, -0.1) is 0 Å². The van der Waals surface area contributed by atoms with Gasteiger partial charge in [-0.2, -0.15) is 0 Å². The van der Waals surface area contributed by atoms with Gasteiger partial charge in [-0.25, -0.2) is 4.98 Å². The number of hydrogen-bond donors (Lipinski definition) is 1. The lowest BCUT2D eigenvalue weighted by molar-refractivity contribution is -0.125. The normalized spacial score (nSPS) is 15.2. The molecule has 1 aromatic heterocycles. The molecule has 1 saturated carbocycles. The van der Waals surface area contributed by atoms with E-state index in [4.69, 9.17) is 4.98 Å². The summed E-state index contributed by atoms with van der Waals surface area (Å²) in [5, 5.41) is 3.17. The van der Waals surface area contributed by atoms with Crippen molar-refractivity contribution in [2.75, 3.05) is 6.54 Å². The molecule has 1 heterocycles. The predicted molar refractivity (Wildman–Crippen MR) is 132 cm³/mol. The largest absolute Gasteiger partial charge is 0.356 e. The topological polar surface area (TPSA) is 46.9 Å². The number of fused-ring (bicyclic) bond motifs is 1. The van der Waals surface area contributed by atoms with Crippen molar-refractivity contribution in [3.63, 3.8) is 0 Å². The molecule has 4 nitrogen and oxygen atoms in total. The molecule has 0 atom stereocenters. The van der Waals surface area contributed by atoms with Crippen LogP contribution in [0.25, 0.3) is 11.0 Å². The molecule has 4 rings (SSSR count). The highest BCUT2D eigenvalue weighted by Crippen LogP contribution is 2.25. The van der Waals surface area contributed by atoms with Gasteiger partial charge in [-0.1, -0.05) is 76.4 Å². The first-order valence-corrected chi connectivity index (χ1v) is 12.2. The molecule has 1 amide bonds. The number of carbonyl (C=O) groups is 1. The molecule has 1 aliphatic carbocycles. The zero-order valence-corrected chi connectivity index (χ0v) is 19.9. The van der Waals surface area contributed by atoms with E-state index in [9.17, 15) is 4.79 Å². The van der Waals surface area contributed by atoms with Crippen LogP contribution < -0.4 is 5.32 Å². The van der Waals surface area contributed by atoms with Crippen LogP contribution in [0.5, 0.6) is 0 Å². The molecule has 2 aromatic carbocycles. The van der Waals surface area contributed by atoms with E-state index in [1.165, 1.54) is 35.9 Å². The highest BCUT2D eigenvalue weighted by molar-refractivity contribution is 5.78. The highest BCUT2D eigenvalue weighted by atomic mass is 16.1. The Morgan fingerprint density at radius 3 is 2.47 bits per heavy atom.